The number of nitrogens with one attached hydrogen (secondary N) is 1. The average molecular weight is 513 g/mol. The predicted molar refractivity (Wildman–Crippen MR) is 134 cm³/mol. The molecule has 1 aliphatic rings. The van der Waals surface area contributed by atoms with Gasteiger partial charge in [0.15, 0.2) is 5.65 Å². The monoisotopic (exact) mass is 512 g/mol. The molecule has 1 amide bonds. The smallest absolute Gasteiger partial charge is 0.229 e. The zero-order valence-electron chi connectivity index (χ0n) is 19.5. The van der Waals surface area contributed by atoms with E-state index < -0.39 is 9.84 Å². The number of nitrogens with zero attached hydrogens (tertiary/aromatic N) is 5. The summed E-state index contributed by atoms with van der Waals surface area (Å²) in [7, 11) is -3.95. The Bertz CT molecular complexity index is 1570. The van der Waals surface area contributed by atoms with Gasteiger partial charge in [-0.05, 0) is 68.1 Å². The number of aromatic nitrogens is 4. The first-order valence-electron chi connectivity index (χ1n) is 11.4. The molecule has 0 bridgehead atoms. The maximum absolute atomic E-state index is 13.5. The van der Waals surface area contributed by atoms with Crippen molar-refractivity contribution < 1.29 is 13.2 Å². The van der Waals surface area contributed by atoms with Crippen LogP contribution in [0.4, 0.5) is 5.82 Å². The SMILES string of the molecule is Cc1ccc(S(=O)(=O)c2nnn3c2nc(NCCCN2CCCC2=O)c2cc(Cl)ccc23)cc1C. The minimum absolute atomic E-state index is 0.135. The van der Waals surface area contributed by atoms with Gasteiger partial charge < -0.3 is 10.2 Å². The highest BCUT2D eigenvalue weighted by Gasteiger charge is 2.27. The van der Waals surface area contributed by atoms with Crippen molar-refractivity contribution in [2.24, 2.45) is 0 Å². The van der Waals surface area contributed by atoms with E-state index in [1.54, 1.807) is 36.4 Å². The molecule has 1 N–H and O–H groups in total. The molecule has 2 aromatic carbocycles. The molecule has 0 radical (unpaired) electrons. The summed E-state index contributed by atoms with van der Waals surface area (Å²) in [5.74, 6) is 0.676. The van der Waals surface area contributed by atoms with Crippen molar-refractivity contribution in [2.75, 3.05) is 25.0 Å². The molecule has 0 atom stereocenters. The molecule has 0 saturated carbocycles. The van der Waals surface area contributed by atoms with Crippen LogP contribution in [0.15, 0.2) is 46.3 Å². The topological polar surface area (TPSA) is 110 Å². The third-order valence-corrected chi connectivity index (χ3v) is 8.27. The summed E-state index contributed by atoms with van der Waals surface area (Å²) in [6.45, 7) is 5.80. The number of likely N-dealkylation sites (tertiary alicyclic amines) is 1. The van der Waals surface area contributed by atoms with Crippen molar-refractivity contribution in [1.29, 1.82) is 0 Å². The third kappa shape index (κ3) is 4.32. The summed E-state index contributed by atoms with van der Waals surface area (Å²) < 4.78 is 28.4. The second kappa shape index (κ2) is 9.09. The fourth-order valence-corrected chi connectivity index (χ4v) is 5.78. The Kier molecular flexibility index (Phi) is 6.10. The summed E-state index contributed by atoms with van der Waals surface area (Å²) in [5, 5.41) is 12.5. The van der Waals surface area contributed by atoms with Crippen molar-refractivity contribution in [2.45, 2.75) is 43.0 Å². The molecule has 3 heterocycles. The van der Waals surface area contributed by atoms with Crippen LogP contribution in [0.1, 0.15) is 30.4 Å². The maximum Gasteiger partial charge on any atom is 0.229 e. The molecule has 5 rings (SSSR count). The summed E-state index contributed by atoms with van der Waals surface area (Å²) >= 11 is 6.25. The standard InChI is InChI=1S/C24H25ClN6O3S/c1-15-6-8-18(13-16(15)2)35(33,34)24-23-27-22(26-10-4-12-30-11-3-5-21(30)32)19-14-17(25)7-9-20(19)31(23)29-28-24/h6-9,13-14H,3-5,10-12H2,1-2H3,(H,26,27). The van der Waals surface area contributed by atoms with E-state index in [9.17, 15) is 13.2 Å². The quantitative estimate of drug-likeness (QED) is 0.375. The number of carbonyl (C=O) groups is 1. The van der Waals surface area contributed by atoms with Crippen LogP contribution in [0, 0.1) is 13.8 Å². The van der Waals surface area contributed by atoms with Gasteiger partial charge in [-0.15, -0.1) is 5.10 Å². The highest BCUT2D eigenvalue weighted by Crippen LogP contribution is 2.30. The van der Waals surface area contributed by atoms with Gasteiger partial charge in [0.2, 0.25) is 20.8 Å². The minimum atomic E-state index is -3.95. The summed E-state index contributed by atoms with van der Waals surface area (Å²) in [5.41, 5.74) is 2.63. The van der Waals surface area contributed by atoms with E-state index in [0.717, 1.165) is 30.5 Å². The van der Waals surface area contributed by atoms with Crippen LogP contribution in [-0.4, -0.2) is 58.7 Å². The lowest BCUT2D eigenvalue weighted by atomic mass is 10.1. The van der Waals surface area contributed by atoms with E-state index in [-0.39, 0.29) is 21.5 Å². The van der Waals surface area contributed by atoms with Gasteiger partial charge >= 0.3 is 0 Å². The Morgan fingerprint density at radius 1 is 1.11 bits per heavy atom. The Hall–Kier alpha value is -3.24. The van der Waals surface area contributed by atoms with Crippen LogP contribution in [0.3, 0.4) is 0 Å². The Balaban J connectivity index is 1.53. The maximum atomic E-state index is 13.5. The number of aryl methyl sites for hydroxylation is 2. The number of rotatable bonds is 7. The van der Waals surface area contributed by atoms with E-state index >= 15 is 0 Å². The molecular formula is C24H25ClN6O3S. The normalized spacial score (nSPS) is 14.4. The lowest BCUT2D eigenvalue weighted by Crippen LogP contribution is -2.27. The first-order valence-corrected chi connectivity index (χ1v) is 13.3. The molecule has 2 aromatic heterocycles. The van der Waals surface area contributed by atoms with Crippen LogP contribution < -0.4 is 5.32 Å². The van der Waals surface area contributed by atoms with Gasteiger partial charge in [0.05, 0.1) is 10.4 Å². The molecule has 0 unspecified atom stereocenters. The summed E-state index contributed by atoms with van der Waals surface area (Å²) in [6.07, 6.45) is 2.24. The van der Waals surface area contributed by atoms with Gasteiger partial charge in [0.25, 0.3) is 0 Å². The molecule has 182 valence electrons. The lowest BCUT2D eigenvalue weighted by Gasteiger charge is -2.16. The largest absolute Gasteiger partial charge is 0.369 e. The molecule has 9 nitrogen and oxygen atoms in total. The first-order chi connectivity index (χ1) is 16.8. The number of hydrogen-bond acceptors (Lipinski definition) is 7. The number of benzene rings is 2. The second-order valence-corrected chi connectivity index (χ2v) is 11.1. The average Bonchev–Trinajstić information content (AvgIpc) is 3.44. The fourth-order valence-electron chi connectivity index (χ4n) is 4.29. The molecule has 1 aliphatic heterocycles. The van der Waals surface area contributed by atoms with Gasteiger partial charge in [0.1, 0.15) is 5.82 Å². The van der Waals surface area contributed by atoms with Crippen LogP contribution in [0.5, 0.6) is 0 Å². The van der Waals surface area contributed by atoms with Crippen molar-refractivity contribution in [3.05, 3.63) is 52.5 Å². The molecule has 4 aromatic rings. The summed E-state index contributed by atoms with van der Waals surface area (Å²) in [6, 6.07) is 10.2. The molecule has 35 heavy (non-hydrogen) atoms. The molecule has 1 saturated heterocycles. The highest BCUT2D eigenvalue weighted by molar-refractivity contribution is 7.91. The number of carbonyl (C=O) groups excluding carboxylic acids is 1. The fraction of sp³-hybridized carbons (Fsp3) is 0.333. The van der Waals surface area contributed by atoms with Crippen LogP contribution in [0.25, 0.3) is 16.6 Å². The van der Waals surface area contributed by atoms with Gasteiger partial charge in [-0.1, -0.05) is 22.9 Å². The zero-order valence-corrected chi connectivity index (χ0v) is 21.0. The highest BCUT2D eigenvalue weighted by atomic mass is 35.5. The number of halogens is 1. The molecule has 1 fully saturated rings. The van der Waals surface area contributed by atoms with Crippen molar-refractivity contribution >= 4 is 49.7 Å². The van der Waals surface area contributed by atoms with E-state index in [4.69, 9.17) is 11.6 Å². The van der Waals surface area contributed by atoms with Crippen molar-refractivity contribution in [1.82, 2.24) is 24.7 Å². The van der Waals surface area contributed by atoms with Crippen LogP contribution in [0.2, 0.25) is 5.02 Å². The van der Waals surface area contributed by atoms with Gasteiger partial charge in [-0.25, -0.2) is 13.4 Å². The van der Waals surface area contributed by atoms with Crippen molar-refractivity contribution in [3.8, 4) is 0 Å². The van der Waals surface area contributed by atoms with E-state index in [0.29, 0.717) is 41.3 Å². The Morgan fingerprint density at radius 3 is 2.69 bits per heavy atom. The Morgan fingerprint density at radius 2 is 1.94 bits per heavy atom. The van der Waals surface area contributed by atoms with Crippen LogP contribution >= 0.6 is 11.6 Å². The third-order valence-electron chi connectivity index (χ3n) is 6.39. The minimum Gasteiger partial charge on any atom is -0.369 e. The number of sulfone groups is 1. The number of amides is 1. The molecule has 0 spiro atoms. The molecule has 0 aliphatic carbocycles. The molecular weight excluding hydrogens is 488 g/mol. The number of hydrogen-bond donors (Lipinski definition) is 1. The predicted octanol–water partition coefficient (Wildman–Crippen LogP) is 3.80. The van der Waals surface area contributed by atoms with Crippen LogP contribution in [-0.2, 0) is 14.6 Å². The summed E-state index contributed by atoms with van der Waals surface area (Å²) in [4.78, 5) is 18.5. The first kappa shape index (κ1) is 23.5. The van der Waals surface area contributed by atoms with E-state index in [2.05, 4.69) is 20.6 Å². The van der Waals surface area contributed by atoms with E-state index in [1.807, 2.05) is 18.7 Å². The number of anilines is 1. The molecule has 11 heteroatoms. The zero-order chi connectivity index (χ0) is 24.7. The van der Waals surface area contributed by atoms with Gasteiger partial charge in [0, 0.05) is 36.5 Å². The lowest BCUT2D eigenvalue weighted by molar-refractivity contribution is -0.127. The number of fused-ring (bicyclic) bond motifs is 3. The van der Waals surface area contributed by atoms with E-state index in [1.165, 1.54) is 4.52 Å². The Labute approximate surface area is 208 Å². The second-order valence-electron chi connectivity index (χ2n) is 8.77. The van der Waals surface area contributed by atoms with Gasteiger partial charge in [-0.2, -0.15) is 4.52 Å². The van der Waals surface area contributed by atoms with Crippen molar-refractivity contribution in [3.63, 3.8) is 0 Å². The van der Waals surface area contributed by atoms with Gasteiger partial charge in [-0.3, -0.25) is 4.79 Å².